The second kappa shape index (κ2) is 5.22. The Hall–Kier alpha value is -1.75. The van der Waals surface area contributed by atoms with Crippen LogP contribution in [0.2, 0.25) is 18.1 Å². The van der Waals surface area contributed by atoms with E-state index in [1.807, 2.05) is 6.07 Å². The third-order valence-electron chi connectivity index (χ3n) is 4.08. The fourth-order valence-electron chi connectivity index (χ4n) is 1.74. The Balaban J connectivity index is 2.54. The number of methoxy groups -OCH3 is 1. The van der Waals surface area contributed by atoms with E-state index in [0.717, 1.165) is 5.39 Å². The Bertz CT molecular complexity index is 710. The Kier molecular flexibility index (Phi) is 3.89. The van der Waals surface area contributed by atoms with Crippen molar-refractivity contribution >= 4 is 19.3 Å². The number of hydrogen-bond acceptors (Lipinski definition) is 4. The van der Waals surface area contributed by atoms with Gasteiger partial charge in [0.15, 0.2) is 5.75 Å². The summed E-state index contributed by atoms with van der Waals surface area (Å²) in [5.74, 6) is 1.28. The Morgan fingerprint density at radius 1 is 1.10 bits per heavy atom. The summed E-state index contributed by atoms with van der Waals surface area (Å²) in [6.45, 7) is 10.8. The molecule has 1 aromatic heterocycles. The molecule has 1 aromatic carbocycles. The molecule has 0 bridgehead atoms. The standard InChI is InChI=1S/C16H22O4Si/c1-16(2,3)21(5,6)20-14-10-12-11(9-13(14)18-4)7-8-15(17)19-12/h7-10H,1-6H3. The zero-order valence-electron chi connectivity index (χ0n) is 13.4. The molecule has 0 atom stereocenters. The van der Waals surface area contributed by atoms with Crippen LogP contribution >= 0.6 is 0 Å². The summed E-state index contributed by atoms with van der Waals surface area (Å²) in [6, 6.07) is 6.70. The van der Waals surface area contributed by atoms with Gasteiger partial charge in [0.05, 0.1) is 7.11 Å². The first-order valence-electron chi connectivity index (χ1n) is 6.95. The molecule has 5 heteroatoms. The van der Waals surface area contributed by atoms with Gasteiger partial charge in [-0.25, -0.2) is 4.79 Å². The highest BCUT2D eigenvalue weighted by Crippen LogP contribution is 2.41. The van der Waals surface area contributed by atoms with Gasteiger partial charge >= 0.3 is 5.63 Å². The van der Waals surface area contributed by atoms with Gasteiger partial charge in [0.1, 0.15) is 11.3 Å². The maximum absolute atomic E-state index is 11.4. The maximum atomic E-state index is 11.4. The van der Waals surface area contributed by atoms with Gasteiger partial charge < -0.3 is 13.6 Å². The highest BCUT2D eigenvalue weighted by molar-refractivity contribution is 6.74. The first-order chi connectivity index (χ1) is 9.64. The lowest BCUT2D eigenvalue weighted by Gasteiger charge is -2.36. The number of benzene rings is 1. The van der Waals surface area contributed by atoms with Gasteiger partial charge in [0, 0.05) is 17.5 Å². The molecule has 2 rings (SSSR count). The molecular formula is C16H22O4Si. The Morgan fingerprint density at radius 2 is 1.76 bits per heavy atom. The van der Waals surface area contributed by atoms with Crippen LogP contribution in [-0.4, -0.2) is 15.4 Å². The lowest BCUT2D eigenvalue weighted by Crippen LogP contribution is -2.43. The average Bonchev–Trinajstić information content (AvgIpc) is 2.36. The van der Waals surface area contributed by atoms with Crippen molar-refractivity contribution in [1.29, 1.82) is 0 Å². The van der Waals surface area contributed by atoms with E-state index >= 15 is 0 Å². The summed E-state index contributed by atoms with van der Waals surface area (Å²) in [5, 5.41) is 0.888. The van der Waals surface area contributed by atoms with E-state index < -0.39 is 8.32 Å². The molecule has 0 fully saturated rings. The first-order valence-corrected chi connectivity index (χ1v) is 9.86. The third kappa shape index (κ3) is 3.13. The fourth-order valence-corrected chi connectivity index (χ4v) is 2.76. The summed E-state index contributed by atoms with van der Waals surface area (Å²) < 4.78 is 16.9. The summed E-state index contributed by atoms with van der Waals surface area (Å²) in [5.41, 5.74) is 0.142. The smallest absolute Gasteiger partial charge is 0.336 e. The SMILES string of the molecule is COc1cc2ccc(=O)oc2cc1O[Si](C)(C)C(C)(C)C. The minimum atomic E-state index is -1.99. The van der Waals surface area contributed by atoms with E-state index in [2.05, 4.69) is 33.9 Å². The average molecular weight is 306 g/mol. The molecule has 0 spiro atoms. The van der Waals surface area contributed by atoms with Crippen LogP contribution in [0.3, 0.4) is 0 Å². The number of rotatable bonds is 3. The van der Waals surface area contributed by atoms with Crippen LogP contribution in [0.5, 0.6) is 11.5 Å². The van der Waals surface area contributed by atoms with Gasteiger partial charge in [0.2, 0.25) is 0 Å². The molecule has 0 aliphatic rings. The largest absolute Gasteiger partial charge is 0.541 e. The predicted molar refractivity (Wildman–Crippen MR) is 86.9 cm³/mol. The normalized spacial score (nSPS) is 12.5. The summed E-state index contributed by atoms with van der Waals surface area (Å²) >= 11 is 0. The topological polar surface area (TPSA) is 48.7 Å². The lowest BCUT2D eigenvalue weighted by atomic mass is 10.2. The van der Waals surface area contributed by atoms with Crippen LogP contribution in [0.15, 0.2) is 33.5 Å². The predicted octanol–water partition coefficient (Wildman–Crippen LogP) is 4.19. The summed E-state index contributed by atoms with van der Waals surface area (Å²) in [4.78, 5) is 11.4. The van der Waals surface area contributed by atoms with Crippen LogP contribution in [-0.2, 0) is 0 Å². The maximum Gasteiger partial charge on any atom is 0.336 e. The number of fused-ring (bicyclic) bond motifs is 1. The van der Waals surface area contributed by atoms with Crippen LogP contribution in [0, 0.1) is 0 Å². The van der Waals surface area contributed by atoms with Gasteiger partial charge in [0.25, 0.3) is 8.32 Å². The van der Waals surface area contributed by atoms with E-state index in [-0.39, 0.29) is 10.7 Å². The Labute approximate surface area is 125 Å². The fraction of sp³-hybridized carbons (Fsp3) is 0.438. The zero-order valence-corrected chi connectivity index (χ0v) is 14.4. The van der Waals surface area contributed by atoms with Crippen molar-refractivity contribution in [3.8, 4) is 11.5 Å². The van der Waals surface area contributed by atoms with E-state index in [0.29, 0.717) is 17.1 Å². The van der Waals surface area contributed by atoms with Gasteiger partial charge in [-0.05, 0) is 30.3 Å². The molecule has 0 N–H and O–H groups in total. The highest BCUT2D eigenvalue weighted by atomic mass is 28.4. The second-order valence-corrected chi connectivity index (χ2v) is 11.4. The van der Waals surface area contributed by atoms with E-state index in [9.17, 15) is 4.79 Å². The molecule has 21 heavy (non-hydrogen) atoms. The van der Waals surface area contributed by atoms with Crippen molar-refractivity contribution in [1.82, 2.24) is 0 Å². The summed E-state index contributed by atoms with van der Waals surface area (Å²) in [6.07, 6.45) is 0. The number of hydrogen-bond donors (Lipinski definition) is 0. The van der Waals surface area contributed by atoms with E-state index in [1.54, 1.807) is 19.2 Å². The monoisotopic (exact) mass is 306 g/mol. The third-order valence-corrected chi connectivity index (χ3v) is 8.42. The van der Waals surface area contributed by atoms with Crippen molar-refractivity contribution < 1.29 is 13.6 Å². The molecule has 4 nitrogen and oxygen atoms in total. The molecule has 1 heterocycles. The Morgan fingerprint density at radius 3 is 2.33 bits per heavy atom. The van der Waals surface area contributed by atoms with Gasteiger partial charge in [-0.15, -0.1) is 0 Å². The van der Waals surface area contributed by atoms with E-state index in [1.165, 1.54) is 6.07 Å². The quantitative estimate of drug-likeness (QED) is 0.630. The molecule has 0 aliphatic heterocycles. The zero-order chi connectivity index (χ0) is 15.8. The van der Waals surface area contributed by atoms with Crippen molar-refractivity contribution in [2.45, 2.75) is 38.9 Å². The number of ether oxygens (including phenoxy) is 1. The van der Waals surface area contributed by atoms with Crippen molar-refractivity contribution in [3.63, 3.8) is 0 Å². The molecule has 0 amide bonds. The molecule has 2 aromatic rings. The van der Waals surface area contributed by atoms with Gasteiger partial charge in [-0.2, -0.15) is 0 Å². The van der Waals surface area contributed by atoms with Crippen molar-refractivity contribution in [2.75, 3.05) is 7.11 Å². The molecule has 0 aliphatic carbocycles. The van der Waals surface area contributed by atoms with Crippen molar-refractivity contribution in [2.24, 2.45) is 0 Å². The first kappa shape index (κ1) is 15.6. The summed E-state index contributed by atoms with van der Waals surface area (Å²) in [7, 11) is -0.384. The molecule has 0 unspecified atom stereocenters. The highest BCUT2D eigenvalue weighted by Gasteiger charge is 2.39. The van der Waals surface area contributed by atoms with E-state index in [4.69, 9.17) is 13.6 Å². The van der Waals surface area contributed by atoms with Gasteiger partial charge in [-0.3, -0.25) is 0 Å². The van der Waals surface area contributed by atoms with Crippen LogP contribution in [0.1, 0.15) is 20.8 Å². The molecule has 114 valence electrons. The van der Waals surface area contributed by atoms with Crippen LogP contribution in [0.4, 0.5) is 0 Å². The van der Waals surface area contributed by atoms with Crippen LogP contribution < -0.4 is 14.8 Å². The second-order valence-electron chi connectivity index (χ2n) is 6.66. The molecule has 0 saturated carbocycles. The van der Waals surface area contributed by atoms with Crippen molar-refractivity contribution in [3.05, 3.63) is 34.7 Å². The minimum Gasteiger partial charge on any atom is -0.541 e. The molecule has 0 saturated heterocycles. The van der Waals surface area contributed by atoms with Gasteiger partial charge in [-0.1, -0.05) is 20.8 Å². The van der Waals surface area contributed by atoms with Crippen LogP contribution in [0.25, 0.3) is 11.0 Å². The molecule has 0 radical (unpaired) electrons. The molecular weight excluding hydrogens is 284 g/mol. The minimum absolute atomic E-state index is 0.0739. The lowest BCUT2D eigenvalue weighted by molar-refractivity contribution is 0.386.